The lowest BCUT2D eigenvalue weighted by molar-refractivity contribution is 0.174. The number of hydrogen-bond acceptors (Lipinski definition) is 2. The Kier molecular flexibility index (Phi) is 3.34. The standard InChI is InChI=1S/C9H19NO/c1-3-4-5-10-7-9(11)6-8(10)2/h8-9,11H,3-7H2,1-2H3/t8-,9+/m0/s1. The highest BCUT2D eigenvalue weighted by atomic mass is 16.3. The summed E-state index contributed by atoms with van der Waals surface area (Å²) in [7, 11) is 0. The van der Waals surface area contributed by atoms with Gasteiger partial charge in [-0.15, -0.1) is 0 Å². The molecule has 0 aliphatic carbocycles. The second-order valence-corrected chi connectivity index (χ2v) is 3.59. The van der Waals surface area contributed by atoms with Crippen LogP contribution in [-0.2, 0) is 0 Å². The molecule has 0 aromatic rings. The van der Waals surface area contributed by atoms with Gasteiger partial charge in [0.25, 0.3) is 0 Å². The van der Waals surface area contributed by atoms with Crippen molar-refractivity contribution in [3.05, 3.63) is 0 Å². The predicted molar refractivity (Wildman–Crippen MR) is 46.6 cm³/mol. The lowest BCUT2D eigenvalue weighted by Gasteiger charge is -2.19. The Labute approximate surface area is 69.2 Å². The average molecular weight is 157 g/mol. The fourth-order valence-electron chi connectivity index (χ4n) is 1.74. The van der Waals surface area contributed by atoms with Gasteiger partial charge in [-0.05, 0) is 26.3 Å². The minimum Gasteiger partial charge on any atom is -0.392 e. The number of unbranched alkanes of at least 4 members (excludes halogenated alkanes) is 1. The Morgan fingerprint density at radius 2 is 2.27 bits per heavy atom. The Hall–Kier alpha value is -0.0800. The molecule has 1 saturated heterocycles. The molecule has 0 saturated carbocycles. The number of rotatable bonds is 3. The minimum atomic E-state index is -0.0677. The summed E-state index contributed by atoms with van der Waals surface area (Å²) in [6.07, 6.45) is 3.40. The molecule has 2 nitrogen and oxygen atoms in total. The molecule has 0 spiro atoms. The van der Waals surface area contributed by atoms with Crippen LogP contribution in [0.5, 0.6) is 0 Å². The van der Waals surface area contributed by atoms with Crippen LogP contribution in [0.3, 0.4) is 0 Å². The third-order valence-corrected chi connectivity index (χ3v) is 2.48. The smallest absolute Gasteiger partial charge is 0.0682 e. The lowest BCUT2D eigenvalue weighted by atomic mass is 10.2. The molecule has 66 valence electrons. The number of nitrogens with zero attached hydrogens (tertiary/aromatic N) is 1. The number of β-amino-alcohol motifs (C(OH)–C–C–N with tert-alkyl or cyclic N) is 1. The van der Waals surface area contributed by atoms with Gasteiger partial charge in [-0.25, -0.2) is 0 Å². The average Bonchev–Trinajstić information content (AvgIpc) is 2.26. The monoisotopic (exact) mass is 157 g/mol. The zero-order valence-electron chi connectivity index (χ0n) is 7.58. The first-order valence-electron chi connectivity index (χ1n) is 4.66. The lowest BCUT2D eigenvalue weighted by Crippen LogP contribution is -2.28. The molecule has 0 radical (unpaired) electrons. The van der Waals surface area contributed by atoms with Crippen molar-refractivity contribution in [1.82, 2.24) is 4.90 Å². The van der Waals surface area contributed by atoms with Gasteiger partial charge in [-0.2, -0.15) is 0 Å². The highest BCUT2D eigenvalue weighted by Gasteiger charge is 2.26. The van der Waals surface area contributed by atoms with Gasteiger partial charge in [0.1, 0.15) is 0 Å². The maximum absolute atomic E-state index is 9.33. The highest BCUT2D eigenvalue weighted by Crippen LogP contribution is 2.17. The Morgan fingerprint density at radius 3 is 2.73 bits per heavy atom. The summed E-state index contributed by atoms with van der Waals surface area (Å²) in [5.41, 5.74) is 0. The molecule has 0 aromatic heterocycles. The van der Waals surface area contributed by atoms with Gasteiger partial charge < -0.3 is 5.11 Å². The molecule has 0 amide bonds. The molecule has 1 fully saturated rings. The summed E-state index contributed by atoms with van der Waals surface area (Å²) < 4.78 is 0. The van der Waals surface area contributed by atoms with E-state index in [9.17, 15) is 5.11 Å². The molecule has 0 bridgehead atoms. The first kappa shape index (κ1) is 9.01. The molecule has 1 heterocycles. The molecule has 11 heavy (non-hydrogen) atoms. The van der Waals surface area contributed by atoms with Gasteiger partial charge in [-0.1, -0.05) is 13.3 Å². The van der Waals surface area contributed by atoms with E-state index in [1.165, 1.54) is 12.8 Å². The van der Waals surface area contributed by atoms with Crippen molar-refractivity contribution in [2.75, 3.05) is 13.1 Å². The molecular formula is C9H19NO. The van der Waals surface area contributed by atoms with Crippen molar-refractivity contribution in [3.8, 4) is 0 Å². The first-order valence-corrected chi connectivity index (χ1v) is 4.66. The number of hydrogen-bond donors (Lipinski definition) is 1. The predicted octanol–water partition coefficient (Wildman–Crippen LogP) is 1.24. The molecular weight excluding hydrogens is 138 g/mol. The Balaban J connectivity index is 2.23. The Bertz CT molecular complexity index is 116. The quantitative estimate of drug-likeness (QED) is 0.666. The molecule has 1 aliphatic rings. The summed E-state index contributed by atoms with van der Waals surface area (Å²) >= 11 is 0. The van der Waals surface area contributed by atoms with E-state index in [0.717, 1.165) is 19.5 Å². The maximum atomic E-state index is 9.33. The number of aliphatic hydroxyl groups is 1. The van der Waals surface area contributed by atoms with E-state index in [0.29, 0.717) is 6.04 Å². The van der Waals surface area contributed by atoms with Crippen molar-refractivity contribution < 1.29 is 5.11 Å². The fourth-order valence-corrected chi connectivity index (χ4v) is 1.74. The third-order valence-electron chi connectivity index (χ3n) is 2.48. The Morgan fingerprint density at radius 1 is 1.55 bits per heavy atom. The summed E-state index contributed by atoms with van der Waals surface area (Å²) in [5.74, 6) is 0. The molecule has 0 unspecified atom stereocenters. The van der Waals surface area contributed by atoms with Gasteiger partial charge in [0.2, 0.25) is 0 Å². The van der Waals surface area contributed by atoms with Crippen molar-refractivity contribution in [1.29, 1.82) is 0 Å². The molecule has 1 aliphatic heterocycles. The van der Waals surface area contributed by atoms with Crippen LogP contribution in [0.15, 0.2) is 0 Å². The molecule has 1 rings (SSSR count). The van der Waals surface area contributed by atoms with Crippen molar-refractivity contribution in [2.24, 2.45) is 0 Å². The largest absolute Gasteiger partial charge is 0.392 e. The molecule has 2 heteroatoms. The fraction of sp³-hybridized carbons (Fsp3) is 1.00. The topological polar surface area (TPSA) is 23.5 Å². The summed E-state index contributed by atoms with van der Waals surface area (Å²) in [4.78, 5) is 2.38. The van der Waals surface area contributed by atoms with Crippen LogP contribution in [0.1, 0.15) is 33.1 Å². The van der Waals surface area contributed by atoms with Gasteiger partial charge in [-0.3, -0.25) is 4.90 Å². The van der Waals surface area contributed by atoms with Crippen molar-refractivity contribution >= 4 is 0 Å². The van der Waals surface area contributed by atoms with E-state index in [1.807, 2.05) is 0 Å². The summed E-state index contributed by atoms with van der Waals surface area (Å²) in [5, 5.41) is 9.33. The van der Waals surface area contributed by atoms with E-state index < -0.39 is 0 Å². The van der Waals surface area contributed by atoms with E-state index in [4.69, 9.17) is 0 Å². The van der Waals surface area contributed by atoms with Crippen LogP contribution in [-0.4, -0.2) is 35.2 Å². The zero-order valence-corrected chi connectivity index (χ0v) is 7.58. The van der Waals surface area contributed by atoms with Crippen LogP contribution >= 0.6 is 0 Å². The zero-order chi connectivity index (χ0) is 8.27. The van der Waals surface area contributed by atoms with Gasteiger partial charge in [0.15, 0.2) is 0 Å². The normalized spacial score (nSPS) is 33.0. The summed E-state index contributed by atoms with van der Waals surface area (Å²) in [6.45, 7) is 6.46. The van der Waals surface area contributed by atoms with Gasteiger partial charge >= 0.3 is 0 Å². The highest BCUT2D eigenvalue weighted by molar-refractivity contribution is 4.81. The minimum absolute atomic E-state index is 0.0677. The van der Waals surface area contributed by atoms with Crippen LogP contribution in [0.25, 0.3) is 0 Å². The number of likely N-dealkylation sites (tertiary alicyclic amines) is 1. The van der Waals surface area contributed by atoms with E-state index in [-0.39, 0.29) is 6.10 Å². The second kappa shape index (κ2) is 4.07. The second-order valence-electron chi connectivity index (χ2n) is 3.59. The summed E-state index contributed by atoms with van der Waals surface area (Å²) in [6, 6.07) is 0.594. The number of aliphatic hydroxyl groups excluding tert-OH is 1. The third kappa shape index (κ3) is 2.46. The van der Waals surface area contributed by atoms with Crippen LogP contribution in [0, 0.1) is 0 Å². The maximum Gasteiger partial charge on any atom is 0.0682 e. The van der Waals surface area contributed by atoms with E-state index >= 15 is 0 Å². The van der Waals surface area contributed by atoms with Crippen molar-refractivity contribution in [3.63, 3.8) is 0 Å². The van der Waals surface area contributed by atoms with Crippen LogP contribution in [0.2, 0.25) is 0 Å². The van der Waals surface area contributed by atoms with Crippen LogP contribution in [0.4, 0.5) is 0 Å². The van der Waals surface area contributed by atoms with E-state index in [1.54, 1.807) is 0 Å². The van der Waals surface area contributed by atoms with Crippen LogP contribution < -0.4 is 0 Å². The molecule has 0 aromatic carbocycles. The van der Waals surface area contributed by atoms with Crippen molar-refractivity contribution in [2.45, 2.75) is 45.3 Å². The van der Waals surface area contributed by atoms with Gasteiger partial charge in [0, 0.05) is 12.6 Å². The molecule has 1 N–H and O–H groups in total. The van der Waals surface area contributed by atoms with E-state index in [2.05, 4.69) is 18.7 Å². The SMILES string of the molecule is CCCCN1C[C@H](O)C[C@@H]1C. The van der Waals surface area contributed by atoms with Gasteiger partial charge in [0.05, 0.1) is 6.10 Å². The first-order chi connectivity index (χ1) is 5.24. The molecule has 2 atom stereocenters.